The molecule has 10 heteroatoms. The maximum absolute atomic E-state index is 13.9. The van der Waals surface area contributed by atoms with E-state index in [0.717, 1.165) is 6.07 Å². The van der Waals surface area contributed by atoms with Crippen molar-refractivity contribution < 1.29 is 31.6 Å². The van der Waals surface area contributed by atoms with Crippen molar-refractivity contribution in [1.29, 1.82) is 0 Å². The Hall–Kier alpha value is -2.78. The second kappa shape index (κ2) is 7.69. The van der Waals surface area contributed by atoms with Gasteiger partial charge in [-0.05, 0) is 37.0 Å². The number of carbonyl (C=O) groups excluding carboxylic acids is 1. The Bertz CT molecular complexity index is 905. The van der Waals surface area contributed by atoms with Gasteiger partial charge in [-0.2, -0.15) is 18.3 Å². The van der Waals surface area contributed by atoms with Crippen molar-refractivity contribution in [2.45, 2.75) is 37.4 Å². The minimum absolute atomic E-state index is 0.134. The second-order valence-corrected chi connectivity index (χ2v) is 6.67. The zero-order chi connectivity index (χ0) is 20.5. The van der Waals surface area contributed by atoms with Crippen LogP contribution in [-0.2, 0) is 17.3 Å². The molecule has 2 atom stereocenters. The molecule has 0 radical (unpaired) electrons. The zero-order valence-corrected chi connectivity index (χ0v) is 14.9. The third-order valence-corrected chi connectivity index (χ3v) is 4.88. The first-order chi connectivity index (χ1) is 13.2. The van der Waals surface area contributed by atoms with E-state index in [2.05, 4.69) is 5.16 Å². The first-order valence-corrected chi connectivity index (χ1v) is 8.57. The Morgan fingerprint density at radius 2 is 2.11 bits per heavy atom. The van der Waals surface area contributed by atoms with Gasteiger partial charge in [-0.1, -0.05) is 6.07 Å². The Kier molecular flexibility index (Phi) is 5.48. The van der Waals surface area contributed by atoms with E-state index in [4.69, 9.17) is 9.26 Å². The normalized spacial score (nSPS) is 20.2. The van der Waals surface area contributed by atoms with Gasteiger partial charge in [-0.25, -0.2) is 9.18 Å². The van der Waals surface area contributed by atoms with Gasteiger partial charge in [0.05, 0.1) is 12.7 Å². The summed E-state index contributed by atoms with van der Waals surface area (Å²) in [6.07, 6.45) is -4.31. The fraction of sp³-hybridized carbons (Fsp3) is 0.444. The van der Waals surface area contributed by atoms with Crippen LogP contribution in [0.5, 0.6) is 0 Å². The third kappa shape index (κ3) is 4.20. The summed E-state index contributed by atoms with van der Waals surface area (Å²) in [4.78, 5) is 24.8. The molecule has 0 spiro atoms. The van der Waals surface area contributed by atoms with Crippen LogP contribution in [0, 0.1) is 5.82 Å². The molecule has 1 N–H and O–H groups in total. The molecular formula is C18H18F4N2O4. The number of carbonyl (C=O) groups is 1. The summed E-state index contributed by atoms with van der Waals surface area (Å²) >= 11 is 0. The molecule has 1 aliphatic rings. The molecule has 1 aliphatic heterocycles. The quantitative estimate of drug-likeness (QED) is 0.795. The van der Waals surface area contributed by atoms with E-state index in [1.807, 2.05) is 0 Å². The largest absolute Gasteiger partial charge is 0.453 e. The van der Waals surface area contributed by atoms with Gasteiger partial charge in [0.1, 0.15) is 11.6 Å². The van der Waals surface area contributed by atoms with Gasteiger partial charge >= 0.3 is 12.3 Å². The van der Waals surface area contributed by atoms with Crippen molar-refractivity contribution in [2.75, 3.05) is 13.7 Å². The number of alkyl halides is 3. The third-order valence-electron chi connectivity index (χ3n) is 4.88. The van der Waals surface area contributed by atoms with Crippen LogP contribution in [0.4, 0.5) is 22.4 Å². The van der Waals surface area contributed by atoms with Crippen LogP contribution < -0.4 is 5.56 Å². The van der Waals surface area contributed by atoms with Crippen molar-refractivity contribution in [3.05, 3.63) is 57.3 Å². The standard InChI is InChI=1S/C18H18F4N2O4/c1-27-17(26)24-5-4-11(15-9-16(25)23-28-15)8-12(24)6-10-2-3-13(14(19)7-10)18(20,21)22/h2-3,7,9,11-12H,4-6,8H2,1H3,(H,23,25)/t11-,12+/m0/s1. The van der Waals surface area contributed by atoms with E-state index in [0.29, 0.717) is 36.8 Å². The van der Waals surface area contributed by atoms with E-state index in [1.54, 1.807) is 0 Å². The number of ether oxygens (including phenoxy) is 1. The molecule has 0 aliphatic carbocycles. The molecule has 1 saturated heterocycles. The van der Waals surface area contributed by atoms with E-state index in [1.165, 1.54) is 24.1 Å². The number of nitrogens with zero attached hydrogens (tertiary/aromatic N) is 1. The Balaban J connectivity index is 1.83. The molecule has 0 unspecified atom stereocenters. The van der Waals surface area contributed by atoms with Gasteiger partial charge in [0.2, 0.25) is 0 Å². The fourth-order valence-corrected chi connectivity index (χ4v) is 3.55. The highest BCUT2D eigenvalue weighted by Gasteiger charge is 2.36. The number of nitrogens with one attached hydrogen (secondary N) is 1. The van der Waals surface area contributed by atoms with Crippen molar-refractivity contribution in [3.8, 4) is 0 Å². The van der Waals surface area contributed by atoms with Crippen LogP contribution in [0.15, 0.2) is 33.6 Å². The number of benzene rings is 1. The topological polar surface area (TPSA) is 75.5 Å². The first-order valence-electron chi connectivity index (χ1n) is 8.57. The number of piperidine rings is 1. The maximum atomic E-state index is 13.9. The summed E-state index contributed by atoms with van der Waals surface area (Å²) in [6.45, 7) is 0.306. The van der Waals surface area contributed by atoms with Gasteiger partial charge in [0, 0.05) is 24.6 Å². The highest BCUT2D eigenvalue weighted by molar-refractivity contribution is 5.68. The lowest BCUT2D eigenvalue weighted by Crippen LogP contribution is -2.46. The number of aromatic amines is 1. The number of rotatable bonds is 3. The van der Waals surface area contributed by atoms with Crippen molar-refractivity contribution in [3.63, 3.8) is 0 Å². The Labute approximate surface area is 157 Å². The molecule has 1 amide bonds. The van der Waals surface area contributed by atoms with Crippen LogP contribution in [0.25, 0.3) is 0 Å². The number of methoxy groups -OCH3 is 1. The van der Waals surface area contributed by atoms with Crippen LogP contribution in [-0.4, -0.2) is 35.8 Å². The minimum Gasteiger partial charge on any atom is -0.453 e. The number of halogens is 4. The number of likely N-dealkylation sites (tertiary alicyclic amines) is 1. The monoisotopic (exact) mass is 402 g/mol. The highest BCUT2D eigenvalue weighted by Crippen LogP contribution is 2.35. The van der Waals surface area contributed by atoms with Crippen molar-refractivity contribution >= 4 is 6.09 Å². The lowest BCUT2D eigenvalue weighted by atomic mass is 9.86. The Morgan fingerprint density at radius 1 is 1.36 bits per heavy atom. The van der Waals surface area contributed by atoms with Gasteiger partial charge in [-0.3, -0.25) is 4.79 Å². The number of hydrogen-bond acceptors (Lipinski definition) is 4. The molecule has 2 aromatic rings. The van der Waals surface area contributed by atoms with Crippen molar-refractivity contribution in [2.24, 2.45) is 0 Å². The summed E-state index contributed by atoms with van der Waals surface area (Å²) in [5.41, 5.74) is -1.40. The number of amides is 1. The molecule has 0 saturated carbocycles. The second-order valence-electron chi connectivity index (χ2n) is 6.67. The molecule has 3 rings (SSSR count). The highest BCUT2D eigenvalue weighted by atomic mass is 19.4. The van der Waals surface area contributed by atoms with Gasteiger partial charge in [0.15, 0.2) is 0 Å². The molecular weight excluding hydrogens is 384 g/mol. The predicted octanol–water partition coefficient (Wildman–Crippen LogP) is 3.68. The van der Waals surface area contributed by atoms with E-state index in [-0.39, 0.29) is 17.9 Å². The Morgan fingerprint density at radius 3 is 2.68 bits per heavy atom. The number of H-pyrrole nitrogens is 1. The van der Waals surface area contributed by atoms with Crippen LogP contribution >= 0.6 is 0 Å². The number of aromatic nitrogens is 1. The molecule has 1 fully saturated rings. The molecule has 28 heavy (non-hydrogen) atoms. The fourth-order valence-electron chi connectivity index (χ4n) is 3.55. The average molecular weight is 402 g/mol. The lowest BCUT2D eigenvalue weighted by Gasteiger charge is -2.38. The summed E-state index contributed by atoms with van der Waals surface area (Å²) in [5, 5.41) is 2.21. The predicted molar refractivity (Wildman–Crippen MR) is 89.3 cm³/mol. The van der Waals surface area contributed by atoms with E-state index in [9.17, 15) is 27.2 Å². The first kappa shape index (κ1) is 20.0. The van der Waals surface area contributed by atoms with Crippen LogP contribution in [0.1, 0.15) is 35.6 Å². The molecule has 2 heterocycles. The molecule has 152 valence electrons. The summed E-state index contributed by atoms with van der Waals surface area (Å²) in [7, 11) is 1.23. The molecule has 1 aromatic heterocycles. The lowest BCUT2D eigenvalue weighted by molar-refractivity contribution is -0.140. The summed E-state index contributed by atoms with van der Waals surface area (Å²) < 4.78 is 62.0. The average Bonchev–Trinajstić information content (AvgIpc) is 3.06. The summed E-state index contributed by atoms with van der Waals surface area (Å²) in [6, 6.07) is 3.59. The zero-order valence-electron chi connectivity index (χ0n) is 14.9. The van der Waals surface area contributed by atoms with Gasteiger partial charge in [0.25, 0.3) is 5.56 Å². The van der Waals surface area contributed by atoms with E-state index >= 15 is 0 Å². The number of hydrogen-bond donors (Lipinski definition) is 1. The smallest absolute Gasteiger partial charge is 0.419 e. The molecule has 1 aromatic carbocycles. The van der Waals surface area contributed by atoms with Crippen LogP contribution in [0.2, 0.25) is 0 Å². The minimum atomic E-state index is -4.78. The molecule has 0 bridgehead atoms. The van der Waals surface area contributed by atoms with Crippen LogP contribution in [0.3, 0.4) is 0 Å². The van der Waals surface area contributed by atoms with E-state index < -0.39 is 29.7 Å². The molecule has 6 nitrogen and oxygen atoms in total. The van der Waals surface area contributed by atoms with Gasteiger partial charge < -0.3 is 14.2 Å². The summed E-state index contributed by atoms with van der Waals surface area (Å²) in [5.74, 6) is -1.08. The maximum Gasteiger partial charge on any atom is 0.419 e. The van der Waals surface area contributed by atoms with Gasteiger partial charge in [-0.15, -0.1) is 0 Å². The SMILES string of the molecule is COC(=O)N1CC[C@H](c2cc(=O)[nH]o2)C[C@H]1Cc1ccc(C(F)(F)F)c(F)c1. The van der Waals surface area contributed by atoms with Crippen molar-refractivity contribution in [1.82, 2.24) is 10.1 Å².